The van der Waals surface area contributed by atoms with E-state index in [9.17, 15) is 18.0 Å². The molecule has 1 aliphatic heterocycles. The van der Waals surface area contributed by atoms with Crippen molar-refractivity contribution in [3.05, 3.63) is 59.7 Å². The van der Waals surface area contributed by atoms with E-state index in [1.165, 1.54) is 23.8 Å². The van der Waals surface area contributed by atoms with Gasteiger partial charge in [-0.1, -0.05) is 36.4 Å². The zero-order valence-electron chi connectivity index (χ0n) is 14.8. The van der Waals surface area contributed by atoms with Crippen molar-refractivity contribution in [3.63, 3.8) is 0 Å². The minimum absolute atomic E-state index is 0.0272. The van der Waals surface area contributed by atoms with E-state index in [0.29, 0.717) is 0 Å². The van der Waals surface area contributed by atoms with Gasteiger partial charge in [0, 0.05) is 24.3 Å². The predicted octanol–water partition coefficient (Wildman–Crippen LogP) is 4.04. The average molecular weight is 378 g/mol. The summed E-state index contributed by atoms with van der Waals surface area (Å²) in [6, 6.07) is 13.8. The Morgan fingerprint density at radius 3 is 2.63 bits per heavy atom. The highest BCUT2D eigenvalue weighted by Gasteiger charge is 2.32. The summed E-state index contributed by atoms with van der Waals surface area (Å²) in [5.74, 6) is -0.543. The lowest BCUT2D eigenvalue weighted by atomic mass is 10.1. The zero-order valence-corrected chi connectivity index (χ0v) is 14.8. The van der Waals surface area contributed by atoms with Crippen molar-refractivity contribution >= 4 is 11.6 Å². The molecule has 0 saturated heterocycles. The number of hydrogen-bond acceptors (Lipinski definition) is 3. The maximum Gasteiger partial charge on any atom is 0.573 e. The molecule has 1 amide bonds. The van der Waals surface area contributed by atoms with Crippen molar-refractivity contribution in [1.82, 2.24) is 5.32 Å². The van der Waals surface area contributed by atoms with E-state index >= 15 is 0 Å². The normalized spacial score (nSPS) is 14.3. The molecule has 1 N–H and O–H groups in total. The Labute approximate surface area is 155 Å². The van der Waals surface area contributed by atoms with Crippen LogP contribution >= 0.6 is 0 Å². The lowest BCUT2D eigenvalue weighted by molar-refractivity contribution is -0.274. The molecule has 2 aromatic carbocycles. The molecule has 0 aliphatic carbocycles. The van der Waals surface area contributed by atoms with Gasteiger partial charge in [-0.15, -0.1) is 13.2 Å². The molecule has 3 rings (SSSR count). The van der Waals surface area contributed by atoms with Crippen LogP contribution in [-0.2, 0) is 17.8 Å². The summed E-state index contributed by atoms with van der Waals surface area (Å²) in [5, 5.41) is 2.70. The van der Waals surface area contributed by atoms with E-state index in [2.05, 4.69) is 16.1 Å². The molecule has 144 valence electrons. The van der Waals surface area contributed by atoms with Crippen molar-refractivity contribution in [2.24, 2.45) is 0 Å². The van der Waals surface area contributed by atoms with Gasteiger partial charge in [0.05, 0.1) is 6.54 Å². The average Bonchev–Trinajstić information content (AvgIpc) is 2.82. The quantitative estimate of drug-likeness (QED) is 0.854. The predicted molar refractivity (Wildman–Crippen MR) is 96.6 cm³/mol. The van der Waals surface area contributed by atoms with Crippen molar-refractivity contribution in [1.29, 1.82) is 0 Å². The first-order chi connectivity index (χ1) is 12.9. The van der Waals surface area contributed by atoms with Gasteiger partial charge in [0.2, 0.25) is 5.91 Å². The van der Waals surface area contributed by atoms with Gasteiger partial charge in [-0.3, -0.25) is 4.79 Å². The number of fused-ring (bicyclic) bond motifs is 1. The van der Waals surface area contributed by atoms with E-state index in [1.807, 2.05) is 23.1 Å². The van der Waals surface area contributed by atoms with Crippen LogP contribution in [0.2, 0.25) is 0 Å². The number of benzene rings is 2. The number of nitrogens with zero attached hydrogens (tertiary/aromatic N) is 1. The van der Waals surface area contributed by atoms with E-state index < -0.39 is 6.36 Å². The molecular formula is C20H21F3N2O2. The molecule has 4 nitrogen and oxygen atoms in total. The third kappa shape index (κ3) is 5.39. The van der Waals surface area contributed by atoms with Gasteiger partial charge in [-0.25, -0.2) is 0 Å². The number of anilines is 1. The van der Waals surface area contributed by atoms with Crippen LogP contribution in [-0.4, -0.2) is 25.4 Å². The Balaban J connectivity index is 1.63. The SMILES string of the molecule is O=C(CN1CCCCc2ccccc21)NCc1ccccc1OC(F)(F)F. The summed E-state index contributed by atoms with van der Waals surface area (Å²) < 4.78 is 41.5. The monoisotopic (exact) mass is 378 g/mol. The minimum Gasteiger partial charge on any atom is -0.405 e. The number of amides is 1. The van der Waals surface area contributed by atoms with E-state index in [0.717, 1.165) is 31.5 Å². The summed E-state index contributed by atoms with van der Waals surface area (Å²) >= 11 is 0. The van der Waals surface area contributed by atoms with Gasteiger partial charge in [-0.2, -0.15) is 0 Å². The smallest absolute Gasteiger partial charge is 0.405 e. The second-order valence-electron chi connectivity index (χ2n) is 6.44. The summed E-state index contributed by atoms with van der Waals surface area (Å²) in [5.41, 5.74) is 2.54. The first-order valence-corrected chi connectivity index (χ1v) is 8.85. The first-order valence-electron chi connectivity index (χ1n) is 8.85. The molecule has 1 aliphatic rings. The fourth-order valence-electron chi connectivity index (χ4n) is 3.23. The van der Waals surface area contributed by atoms with Gasteiger partial charge in [0.15, 0.2) is 0 Å². The van der Waals surface area contributed by atoms with Gasteiger partial charge in [0.1, 0.15) is 5.75 Å². The molecule has 0 saturated carbocycles. The van der Waals surface area contributed by atoms with Crippen LogP contribution in [0.15, 0.2) is 48.5 Å². The number of carbonyl (C=O) groups is 1. The Morgan fingerprint density at radius 1 is 1.07 bits per heavy atom. The summed E-state index contributed by atoms with van der Waals surface area (Å²) in [6.45, 7) is 0.915. The van der Waals surface area contributed by atoms with Crippen molar-refractivity contribution in [3.8, 4) is 5.75 Å². The Bertz CT molecular complexity index is 793. The van der Waals surface area contributed by atoms with E-state index in [1.54, 1.807) is 6.07 Å². The Morgan fingerprint density at radius 2 is 1.81 bits per heavy atom. The lowest BCUT2D eigenvalue weighted by Gasteiger charge is -2.24. The molecule has 2 aromatic rings. The van der Waals surface area contributed by atoms with E-state index in [-0.39, 0.29) is 30.3 Å². The number of halogens is 3. The van der Waals surface area contributed by atoms with Crippen LogP contribution in [0.3, 0.4) is 0 Å². The molecule has 1 heterocycles. The second kappa shape index (κ2) is 8.33. The van der Waals surface area contributed by atoms with Crippen molar-refractivity contribution in [2.75, 3.05) is 18.0 Å². The number of carbonyl (C=O) groups excluding carboxylic acids is 1. The highest BCUT2D eigenvalue weighted by atomic mass is 19.4. The van der Waals surface area contributed by atoms with Gasteiger partial charge in [0.25, 0.3) is 0 Å². The highest BCUT2D eigenvalue weighted by molar-refractivity contribution is 5.81. The fourth-order valence-corrected chi connectivity index (χ4v) is 3.23. The highest BCUT2D eigenvalue weighted by Crippen LogP contribution is 2.27. The van der Waals surface area contributed by atoms with Crippen LogP contribution in [0.1, 0.15) is 24.0 Å². The fraction of sp³-hybridized carbons (Fsp3) is 0.350. The molecule has 7 heteroatoms. The number of rotatable bonds is 5. The Kier molecular flexibility index (Phi) is 5.88. The number of nitrogens with one attached hydrogen (secondary N) is 1. The van der Waals surface area contributed by atoms with Crippen molar-refractivity contribution < 1.29 is 22.7 Å². The molecule has 0 spiro atoms. The number of para-hydroxylation sites is 2. The summed E-state index contributed by atoms with van der Waals surface area (Å²) in [4.78, 5) is 14.4. The molecule has 0 atom stereocenters. The van der Waals surface area contributed by atoms with Crippen LogP contribution in [0.4, 0.5) is 18.9 Å². The zero-order chi connectivity index (χ0) is 19.3. The minimum atomic E-state index is -4.77. The molecule has 0 bridgehead atoms. The van der Waals surface area contributed by atoms with E-state index in [4.69, 9.17) is 0 Å². The largest absolute Gasteiger partial charge is 0.573 e. The third-order valence-electron chi connectivity index (χ3n) is 4.47. The number of aryl methyl sites for hydroxylation is 1. The lowest BCUT2D eigenvalue weighted by Crippen LogP contribution is -2.37. The molecule has 27 heavy (non-hydrogen) atoms. The number of ether oxygens (including phenoxy) is 1. The topological polar surface area (TPSA) is 41.6 Å². The van der Waals surface area contributed by atoms with Gasteiger partial charge in [-0.05, 0) is 37.0 Å². The third-order valence-corrected chi connectivity index (χ3v) is 4.47. The maximum absolute atomic E-state index is 12.5. The van der Waals surface area contributed by atoms with Crippen LogP contribution in [0.5, 0.6) is 5.75 Å². The molecule has 0 unspecified atom stereocenters. The molecule has 0 radical (unpaired) electrons. The second-order valence-corrected chi connectivity index (χ2v) is 6.44. The van der Waals surface area contributed by atoms with Gasteiger partial charge >= 0.3 is 6.36 Å². The van der Waals surface area contributed by atoms with Gasteiger partial charge < -0.3 is 15.0 Å². The molecule has 0 aromatic heterocycles. The summed E-state index contributed by atoms with van der Waals surface area (Å²) in [6.07, 6.45) is -1.73. The molecular weight excluding hydrogens is 357 g/mol. The Hall–Kier alpha value is -2.70. The van der Waals surface area contributed by atoms with Crippen LogP contribution in [0, 0.1) is 0 Å². The summed E-state index contributed by atoms with van der Waals surface area (Å²) in [7, 11) is 0. The first kappa shape index (κ1) is 19.1. The molecule has 0 fully saturated rings. The van der Waals surface area contributed by atoms with Crippen LogP contribution < -0.4 is 15.0 Å². The standard InChI is InChI=1S/C20H21F3N2O2/c21-20(22,23)27-18-11-4-2-9-16(18)13-24-19(26)14-25-12-6-5-8-15-7-1-3-10-17(15)25/h1-4,7,9-11H,5-6,8,12-14H2,(H,24,26). The number of hydrogen-bond donors (Lipinski definition) is 1. The van der Waals surface area contributed by atoms with Crippen molar-refractivity contribution in [2.45, 2.75) is 32.2 Å². The maximum atomic E-state index is 12.5. The van der Waals surface area contributed by atoms with Crippen LogP contribution in [0.25, 0.3) is 0 Å². The number of alkyl halides is 3.